The lowest BCUT2D eigenvalue weighted by molar-refractivity contribution is -0.116. The van der Waals surface area contributed by atoms with Gasteiger partial charge in [-0.2, -0.15) is 0 Å². The maximum atomic E-state index is 13.8. The van der Waals surface area contributed by atoms with Crippen molar-refractivity contribution in [3.8, 4) is 5.75 Å². The lowest BCUT2D eigenvalue weighted by Crippen LogP contribution is -2.31. The van der Waals surface area contributed by atoms with Crippen LogP contribution in [0.1, 0.15) is 38.8 Å². The van der Waals surface area contributed by atoms with Crippen LogP contribution in [0.3, 0.4) is 0 Å². The molecule has 0 unspecified atom stereocenters. The average Bonchev–Trinajstić information content (AvgIpc) is 2.62. The van der Waals surface area contributed by atoms with E-state index < -0.39 is 17.9 Å². The first-order valence-corrected chi connectivity index (χ1v) is 9.09. The highest BCUT2D eigenvalue weighted by Crippen LogP contribution is 2.22. The molecular formula is C21H26FN3O3. The summed E-state index contributed by atoms with van der Waals surface area (Å²) >= 11 is 0. The molecule has 1 atom stereocenters. The van der Waals surface area contributed by atoms with Crippen LogP contribution in [0.25, 0.3) is 0 Å². The zero-order valence-electron chi connectivity index (χ0n) is 16.5. The molecule has 2 rings (SSSR count). The van der Waals surface area contributed by atoms with E-state index in [2.05, 4.69) is 16.0 Å². The molecule has 6 nitrogen and oxygen atoms in total. The molecule has 7 heteroatoms. The van der Waals surface area contributed by atoms with E-state index in [0.29, 0.717) is 23.4 Å². The fraction of sp³-hybridized carbons (Fsp3) is 0.333. The minimum absolute atomic E-state index is 0.0472. The molecule has 3 amide bonds. The highest BCUT2D eigenvalue weighted by atomic mass is 19.1. The smallest absolute Gasteiger partial charge is 0.319 e. The van der Waals surface area contributed by atoms with Gasteiger partial charge in [0.15, 0.2) is 11.6 Å². The van der Waals surface area contributed by atoms with E-state index in [1.807, 2.05) is 13.8 Å². The molecule has 0 spiro atoms. The van der Waals surface area contributed by atoms with Crippen LogP contribution in [0.4, 0.5) is 20.6 Å². The molecule has 0 bridgehead atoms. The molecule has 0 aromatic heterocycles. The number of anilines is 2. The molecule has 0 fully saturated rings. The summed E-state index contributed by atoms with van der Waals surface area (Å²) in [6.45, 7) is 5.72. The Morgan fingerprint density at radius 2 is 1.61 bits per heavy atom. The van der Waals surface area contributed by atoms with Crippen LogP contribution in [0.15, 0.2) is 42.5 Å². The third-order valence-corrected chi connectivity index (χ3v) is 4.04. The zero-order chi connectivity index (χ0) is 20.7. The normalized spacial score (nSPS) is 11.6. The molecule has 0 heterocycles. The standard InChI is InChI=1S/C21H26FN3O3/c1-13(2)11-20(26)24-16-6-8-17(9-7-16)25-21(27)23-14(3)15-5-10-19(28-4)18(22)12-15/h5-10,12-14H,11H2,1-4H3,(H,24,26)(H2,23,25,27)/t14-/m0/s1. The van der Waals surface area contributed by atoms with Gasteiger partial charge in [-0.25, -0.2) is 9.18 Å². The molecular weight excluding hydrogens is 361 g/mol. The lowest BCUT2D eigenvalue weighted by Gasteiger charge is -2.16. The topological polar surface area (TPSA) is 79.5 Å². The number of carbonyl (C=O) groups excluding carboxylic acids is 2. The SMILES string of the molecule is COc1ccc([C@H](C)NC(=O)Nc2ccc(NC(=O)CC(C)C)cc2)cc1F. The Morgan fingerprint density at radius 1 is 1.00 bits per heavy atom. The van der Waals surface area contributed by atoms with Gasteiger partial charge < -0.3 is 20.7 Å². The van der Waals surface area contributed by atoms with E-state index in [-0.39, 0.29) is 17.6 Å². The first kappa shape index (κ1) is 21.2. The number of hydrogen-bond donors (Lipinski definition) is 3. The van der Waals surface area contributed by atoms with Gasteiger partial charge in [0.05, 0.1) is 13.2 Å². The van der Waals surface area contributed by atoms with Crippen LogP contribution < -0.4 is 20.7 Å². The monoisotopic (exact) mass is 387 g/mol. The van der Waals surface area contributed by atoms with Gasteiger partial charge >= 0.3 is 6.03 Å². The fourth-order valence-corrected chi connectivity index (χ4v) is 2.62. The summed E-state index contributed by atoms with van der Waals surface area (Å²) in [5.41, 5.74) is 1.86. The van der Waals surface area contributed by atoms with Gasteiger partial charge in [-0.1, -0.05) is 19.9 Å². The van der Waals surface area contributed by atoms with Crippen molar-refractivity contribution in [1.29, 1.82) is 0 Å². The molecule has 28 heavy (non-hydrogen) atoms. The summed E-state index contributed by atoms with van der Waals surface area (Å²) in [6, 6.07) is 10.6. The molecule has 0 saturated carbocycles. The molecule has 0 aliphatic rings. The highest BCUT2D eigenvalue weighted by molar-refractivity contribution is 5.92. The van der Waals surface area contributed by atoms with Crippen molar-refractivity contribution in [2.45, 2.75) is 33.2 Å². The van der Waals surface area contributed by atoms with E-state index in [9.17, 15) is 14.0 Å². The number of carbonyl (C=O) groups is 2. The van der Waals surface area contributed by atoms with Crippen LogP contribution in [-0.4, -0.2) is 19.0 Å². The first-order valence-electron chi connectivity index (χ1n) is 9.09. The van der Waals surface area contributed by atoms with E-state index in [4.69, 9.17) is 4.74 Å². The van der Waals surface area contributed by atoms with Crippen LogP contribution in [0.5, 0.6) is 5.75 Å². The third-order valence-electron chi connectivity index (χ3n) is 4.04. The summed E-state index contributed by atoms with van der Waals surface area (Å²) in [4.78, 5) is 24.0. The second-order valence-electron chi connectivity index (χ2n) is 6.94. The Bertz CT molecular complexity index is 822. The Balaban J connectivity index is 1.90. The van der Waals surface area contributed by atoms with E-state index in [0.717, 1.165) is 0 Å². The van der Waals surface area contributed by atoms with Crippen LogP contribution in [0, 0.1) is 11.7 Å². The van der Waals surface area contributed by atoms with Gasteiger partial charge in [-0.3, -0.25) is 4.79 Å². The summed E-state index contributed by atoms with van der Waals surface area (Å²) in [7, 11) is 1.40. The van der Waals surface area contributed by atoms with Gasteiger partial charge in [0.2, 0.25) is 5.91 Å². The van der Waals surface area contributed by atoms with Crippen molar-refractivity contribution in [3.63, 3.8) is 0 Å². The largest absolute Gasteiger partial charge is 0.494 e. The second kappa shape index (κ2) is 9.73. The van der Waals surface area contributed by atoms with Crippen molar-refractivity contribution in [2.75, 3.05) is 17.7 Å². The Labute approximate surface area is 164 Å². The van der Waals surface area contributed by atoms with Crippen molar-refractivity contribution in [3.05, 3.63) is 53.8 Å². The average molecular weight is 387 g/mol. The minimum Gasteiger partial charge on any atom is -0.494 e. The molecule has 3 N–H and O–H groups in total. The van der Waals surface area contributed by atoms with E-state index in [1.165, 1.54) is 19.2 Å². The number of ether oxygens (including phenoxy) is 1. The quantitative estimate of drug-likeness (QED) is 0.644. The predicted molar refractivity (Wildman–Crippen MR) is 108 cm³/mol. The molecule has 0 aliphatic heterocycles. The Kier molecular flexibility index (Phi) is 7.37. The van der Waals surface area contributed by atoms with Gasteiger partial charge in [-0.05, 0) is 54.8 Å². The van der Waals surface area contributed by atoms with Crippen molar-refractivity contribution >= 4 is 23.3 Å². The number of amides is 3. The molecule has 2 aromatic carbocycles. The van der Waals surface area contributed by atoms with E-state index in [1.54, 1.807) is 37.3 Å². The lowest BCUT2D eigenvalue weighted by atomic mass is 10.1. The van der Waals surface area contributed by atoms with Crippen LogP contribution >= 0.6 is 0 Å². The third kappa shape index (κ3) is 6.26. The maximum absolute atomic E-state index is 13.8. The van der Waals surface area contributed by atoms with Crippen molar-refractivity contribution in [2.24, 2.45) is 5.92 Å². The number of benzene rings is 2. The number of methoxy groups -OCH3 is 1. The summed E-state index contributed by atoms with van der Waals surface area (Å²) < 4.78 is 18.7. The minimum atomic E-state index is -0.482. The number of halogens is 1. The van der Waals surface area contributed by atoms with E-state index >= 15 is 0 Å². The molecule has 2 aromatic rings. The molecule has 0 aliphatic carbocycles. The number of hydrogen-bond acceptors (Lipinski definition) is 3. The maximum Gasteiger partial charge on any atom is 0.319 e. The fourth-order valence-electron chi connectivity index (χ4n) is 2.62. The van der Waals surface area contributed by atoms with Crippen LogP contribution in [-0.2, 0) is 4.79 Å². The van der Waals surface area contributed by atoms with Crippen molar-refractivity contribution in [1.82, 2.24) is 5.32 Å². The van der Waals surface area contributed by atoms with Crippen molar-refractivity contribution < 1.29 is 18.7 Å². The van der Waals surface area contributed by atoms with Crippen LogP contribution in [0.2, 0.25) is 0 Å². The first-order chi connectivity index (χ1) is 13.3. The Morgan fingerprint density at radius 3 is 2.14 bits per heavy atom. The summed E-state index contributed by atoms with van der Waals surface area (Å²) in [5.74, 6) is -0.0926. The summed E-state index contributed by atoms with van der Waals surface area (Å²) in [5, 5.41) is 8.27. The second-order valence-corrected chi connectivity index (χ2v) is 6.94. The number of nitrogens with one attached hydrogen (secondary N) is 3. The highest BCUT2D eigenvalue weighted by Gasteiger charge is 2.12. The van der Waals surface area contributed by atoms with Gasteiger partial charge in [0.1, 0.15) is 0 Å². The predicted octanol–water partition coefficient (Wildman–Crippen LogP) is 4.70. The molecule has 0 saturated heterocycles. The summed E-state index contributed by atoms with van der Waals surface area (Å²) in [6.07, 6.45) is 0.451. The molecule has 0 radical (unpaired) electrons. The zero-order valence-corrected chi connectivity index (χ0v) is 16.5. The number of rotatable bonds is 7. The molecule has 150 valence electrons. The van der Waals surface area contributed by atoms with Gasteiger partial charge in [0.25, 0.3) is 0 Å². The number of urea groups is 1. The Hall–Kier alpha value is -3.09. The van der Waals surface area contributed by atoms with Gasteiger partial charge in [-0.15, -0.1) is 0 Å². The van der Waals surface area contributed by atoms with Gasteiger partial charge in [0, 0.05) is 17.8 Å².